The number of hydrogen-bond acceptors (Lipinski definition) is 9. The summed E-state index contributed by atoms with van der Waals surface area (Å²) in [6.07, 6.45) is 0. The molecule has 3 aromatic carbocycles. The van der Waals surface area contributed by atoms with Gasteiger partial charge in [0.15, 0.2) is 0 Å². The normalized spacial score (nSPS) is 11.8. The summed E-state index contributed by atoms with van der Waals surface area (Å²) >= 11 is 0. The van der Waals surface area contributed by atoms with E-state index in [1.165, 1.54) is 68.8 Å². The van der Waals surface area contributed by atoms with Crippen LogP contribution in [0.4, 0.5) is 28.4 Å². The molecule has 0 aliphatic carbocycles. The zero-order valence-electron chi connectivity index (χ0n) is 18.0. The van der Waals surface area contributed by atoms with Gasteiger partial charge in [0.25, 0.3) is 0 Å². The van der Waals surface area contributed by atoms with Gasteiger partial charge in [-0.25, -0.2) is 4.79 Å². The van der Waals surface area contributed by atoms with Gasteiger partial charge in [0, 0.05) is 12.1 Å². The number of nitrogens with zero attached hydrogens (tertiary/aromatic N) is 4. The highest BCUT2D eigenvalue weighted by molar-refractivity contribution is 7.60. The van der Waals surface area contributed by atoms with Gasteiger partial charge >= 0.3 is 13.6 Å². The molecule has 0 bridgehead atoms. The van der Waals surface area contributed by atoms with Crippen LogP contribution in [0.1, 0.15) is 10.4 Å². The highest BCUT2D eigenvalue weighted by atomic mass is 31.2. The maximum absolute atomic E-state index is 11.7. The molecule has 3 rings (SSSR count). The minimum absolute atomic E-state index is 0.0137. The minimum atomic E-state index is -4.46. The number of aromatic carboxylic acids is 1. The molecule has 5 N–H and O–H groups in total. The van der Waals surface area contributed by atoms with Gasteiger partial charge in [0.2, 0.25) is 0 Å². The highest BCUT2D eigenvalue weighted by Crippen LogP contribution is 2.38. The number of nitrogen functional groups attached to an aromatic ring is 1. The zero-order valence-corrected chi connectivity index (χ0v) is 18.9. The maximum Gasteiger partial charge on any atom is 0.356 e. The van der Waals surface area contributed by atoms with Gasteiger partial charge in [-0.1, -0.05) is 6.07 Å². The number of methoxy groups -OCH3 is 2. The molecule has 0 fully saturated rings. The molecule has 12 nitrogen and oxygen atoms in total. The van der Waals surface area contributed by atoms with Crippen LogP contribution in [-0.2, 0) is 4.57 Å². The molecule has 0 spiro atoms. The second kappa shape index (κ2) is 10.2. The molecule has 0 unspecified atom stereocenters. The van der Waals surface area contributed by atoms with Gasteiger partial charge in [0.1, 0.15) is 22.9 Å². The minimum Gasteiger partial charge on any atom is -0.495 e. The molecule has 3 aromatic rings. The van der Waals surface area contributed by atoms with Crippen LogP contribution in [0.25, 0.3) is 0 Å². The fraction of sp³-hybridized carbons (Fsp3) is 0.0952. The Hall–Kier alpha value is -4.12. The van der Waals surface area contributed by atoms with E-state index in [0.29, 0.717) is 22.9 Å². The third kappa shape index (κ3) is 5.81. The molecule has 0 aromatic heterocycles. The van der Waals surface area contributed by atoms with E-state index in [-0.39, 0.29) is 27.9 Å². The maximum atomic E-state index is 11.7. The lowest BCUT2D eigenvalue weighted by Crippen LogP contribution is -2.01. The van der Waals surface area contributed by atoms with Crippen molar-refractivity contribution >= 4 is 47.3 Å². The molecule has 0 atom stereocenters. The van der Waals surface area contributed by atoms with Crippen LogP contribution >= 0.6 is 7.60 Å². The van der Waals surface area contributed by atoms with Crippen LogP contribution in [0, 0.1) is 0 Å². The molecule has 13 heteroatoms. The second-order valence-corrected chi connectivity index (χ2v) is 8.34. The van der Waals surface area contributed by atoms with Gasteiger partial charge in [0.05, 0.1) is 42.1 Å². The summed E-state index contributed by atoms with van der Waals surface area (Å²) in [5, 5.41) is 25.3. The number of nitrogens with two attached hydrogens (primary N) is 1. The van der Waals surface area contributed by atoms with Crippen molar-refractivity contribution in [3.05, 3.63) is 60.2 Å². The summed E-state index contributed by atoms with van der Waals surface area (Å²) < 4.78 is 21.8. The summed E-state index contributed by atoms with van der Waals surface area (Å²) in [5.74, 6) is -0.551. The Morgan fingerprint density at radius 1 is 0.853 bits per heavy atom. The van der Waals surface area contributed by atoms with E-state index < -0.39 is 13.6 Å². The standard InChI is InChI=1S/C21H20N5O7P/c1-32-19-11-18(20(33-2)10-16(19)22)26-24-13-6-7-17(15(9-13)21(27)28)25-23-12-4-3-5-14(8-12)34(29,30)31/h3-11H,22H2,1-2H3,(H,27,28)(H2,29,30,31). The van der Waals surface area contributed by atoms with E-state index in [1.807, 2.05) is 0 Å². The summed E-state index contributed by atoms with van der Waals surface area (Å²) in [7, 11) is -1.57. The van der Waals surface area contributed by atoms with Crippen LogP contribution in [0.2, 0.25) is 0 Å². The molecule has 0 saturated heterocycles. The molecule has 0 radical (unpaired) electrons. The van der Waals surface area contributed by atoms with E-state index in [0.717, 1.165) is 0 Å². The topological polar surface area (TPSA) is 189 Å². The Labute approximate surface area is 193 Å². The first-order chi connectivity index (χ1) is 16.1. The number of ether oxygens (including phenoxy) is 2. The van der Waals surface area contributed by atoms with Crippen molar-refractivity contribution in [3.8, 4) is 11.5 Å². The first-order valence-corrected chi connectivity index (χ1v) is 11.1. The average molecular weight is 485 g/mol. The van der Waals surface area contributed by atoms with Crippen molar-refractivity contribution in [1.82, 2.24) is 0 Å². The summed E-state index contributed by atoms with van der Waals surface area (Å²) in [6.45, 7) is 0. The molecule has 0 saturated carbocycles. The number of carboxylic acids is 1. The fourth-order valence-corrected chi connectivity index (χ4v) is 3.37. The molecule has 0 aliphatic rings. The average Bonchev–Trinajstić information content (AvgIpc) is 2.81. The number of hydrogen-bond donors (Lipinski definition) is 4. The molecular formula is C21H20N5O7P. The highest BCUT2D eigenvalue weighted by Gasteiger charge is 2.17. The van der Waals surface area contributed by atoms with E-state index >= 15 is 0 Å². The van der Waals surface area contributed by atoms with Gasteiger partial charge in [-0.05, 0) is 36.4 Å². The quantitative estimate of drug-likeness (QED) is 0.202. The van der Waals surface area contributed by atoms with Crippen LogP contribution in [0.15, 0.2) is 75.1 Å². The van der Waals surface area contributed by atoms with Gasteiger partial charge in [-0.2, -0.15) is 10.2 Å². The first kappa shape index (κ1) is 24.5. The van der Waals surface area contributed by atoms with Crippen molar-refractivity contribution in [2.45, 2.75) is 0 Å². The Morgan fingerprint density at radius 2 is 1.50 bits per heavy atom. The predicted octanol–water partition coefficient (Wildman–Crippen LogP) is 4.62. The van der Waals surface area contributed by atoms with Gasteiger partial charge in [-0.3, -0.25) is 4.57 Å². The molecule has 0 amide bonds. The van der Waals surface area contributed by atoms with E-state index in [2.05, 4.69) is 20.5 Å². The van der Waals surface area contributed by atoms with E-state index in [9.17, 15) is 24.3 Å². The molecule has 0 heterocycles. The third-order valence-corrected chi connectivity index (χ3v) is 5.41. The number of anilines is 1. The van der Waals surface area contributed by atoms with Crippen molar-refractivity contribution in [3.63, 3.8) is 0 Å². The van der Waals surface area contributed by atoms with Crippen LogP contribution < -0.4 is 20.5 Å². The lowest BCUT2D eigenvalue weighted by atomic mass is 10.1. The summed E-state index contributed by atoms with van der Waals surface area (Å²) in [5.41, 5.74) is 6.70. The van der Waals surface area contributed by atoms with Crippen molar-refractivity contribution in [2.75, 3.05) is 20.0 Å². The van der Waals surface area contributed by atoms with Crippen LogP contribution in [-0.4, -0.2) is 35.1 Å². The Kier molecular flexibility index (Phi) is 7.37. The van der Waals surface area contributed by atoms with Crippen molar-refractivity contribution in [2.24, 2.45) is 20.5 Å². The second-order valence-electron chi connectivity index (χ2n) is 6.74. The smallest absolute Gasteiger partial charge is 0.356 e. The van der Waals surface area contributed by atoms with Gasteiger partial charge in [-0.15, -0.1) is 10.2 Å². The van der Waals surface area contributed by atoms with Crippen molar-refractivity contribution in [1.29, 1.82) is 0 Å². The molecule has 34 heavy (non-hydrogen) atoms. The monoisotopic (exact) mass is 485 g/mol. The SMILES string of the molecule is COc1cc(N=Nc2ccc(N=Nc3cccc(P(=O)(O)O)c3)c(C(=O)O)c2)c(OC)cc1N. The molecule has 176 valence electrons. The summed E-state index contributed by atoms with van der Waals surface area (Å²) in [4.78, 5) is 30.3. The fourth-order valence-electron chi connectivity index (χ4n) is 2.79. The summed E-state index contributed by atoms with van der Waals surface area (Å²) in [6, 6.07) is 12.5. The Morgan fingerprint density at radius 3 is 2.12 bits per heavy atom. The molecule has 0 aliphatic heterocycles. The van der Waals surface area contributed by atoms with E-state index in [1.54, 1.807) is 0 Å². The largest absolute Gasteiger partial charge is 0.495 e. The first-order valence-electron chi connectivity index (χ1n) is 9.51. The van der Waals surface area contributed by atoms with E-state index in [4.69, 9.17) is 15.2 Å². The predicted molar refractivity (Wildman–Crippen MR) is 124 cm³/mol. The van der Waals surface area contributed by atoms with Crippen LogP contribution in [0.3, 0.4) is 0 Å². The third-order valence-electron chi connectivity index (χ3n) is 4.45. The Balaban J connectivity index is 1.92. The number of carbonyl (C=O) groups is 1. The number of benzene rings is 3. The number of azo groups is 2. The van der Waals surface area contributed by atoms with Crippen molar-refractivity contribution < 1.29 is 33.7 Å². The lowest BCUT2D eigenvalue weighted by Gasteiger charge is -2.09. The lowest BCUT2D eigenvalue weighted by molar-refractivity contribution is 0.0697. The Bertz CT molecular complexity index is 1340. The van der Waals surface area contributed by atoms with Crippen LogP contribution in [0.5, 0.6) is 11.5 Å². The van der Waals surface area contributed by atoms with Gasteiger partial charge < -0.3 is 30.1 Å². The number of rotatable bonds is 8. The zero-order chi connectivity index (χ0) is 24.9. The molecular weight excluding hydrogens is 465 g/mol. The number of carboxylic acid groups (broad SMARTS) is 1.